The first-order chi connectivity index (χ1) is 8.58. The van der Waals surface area contributed by atoms with Gasteiger partial charge in [0, 0.05) is 15.9 Å². The molecule has 0 radical (unpaired) electrons. The first kappa shape index (κ1) is 13.6. The number of halogens is 2. The van der Waals surface area contributed by atoms with E-state index in [9.17, 15) is 5.11 Å². The summed E-state index contributed by atoms with van der Waals surface area (Å²) in [5, 5.41) is 11.0. The Hall–Kier alpha value is -0.830. The summed E-state index contributed by atoms with van der Waals surface area (Å²) in [6, 6.07) is 13.6. The molecular weight excluding hydrogens is 312 g/mol. The topological polar surface area (TPSA) is 20.2 Å². The zero-order valence-electron chi connectivity index (χ0n) is 10.0. The maximum absolute atomic E-state index is 10.3. The second-order valence-corrected chi connectivity index (χ2v) is 5.63. The first-order valence-electron chi connectivity index (χ1n) is 5.75. The maximum atomic E-state index is 10.3. The highest BCUT2D eigenvalue weighted by Gasteiger charge is 2.12. The van der Waals surface area contributed by atoms with Crippen molar-refractivity contribution in [1.82, 2.24) is 0 Å². The lowest BCUT2D eigenvalue weighted by Crippen LogP contribution is -2.04. The average molecular weight is 326 g/mol. The Bertz CT molecular complexity index is 554. The van der Waals surface area contributed by atoms with Gasteiger partial charge in [0.1, 0.15) is 0 Å². The van der Waals surface area contributed by atoms with Gasteiger partial charge in [0.25, 0.3) is 0 Å². The van der Waals surface area contributed by atoms with Crippen molar-refractivity contribution in [2.24, 2.45) is 0 Å². The molecule has 0 saturated carbocycles. The molecule has 1 N–H and O–H groups in total. The zero-order chi connectivity index (χ0) is 13.1. The summed E-state index contributed by atoms with van der Waals surface area (Å²) >= 11 is 9.50. The second-order valence-electron chi connectivity index (χ2n) is 4.30. The Morgan fingerprint density at radius 2 is 1.94 bits per heavy atom. The van der Waals surface area contributed by atoms with Crippen LogP contribution in [0.4, 0.5) is 0 Å². The van der Waals surface area contributed by atoms with Crippen LogP contribution in [0.2, 0.25) is 5.02 Å². The molecule has 0 heterocycles. The summed E-state index contributed by atoms with van der Waals surface area (Å²) in [6.45, 7) is 1.93. The van der Waals surface area contributed by atoms with E-state index < -0.39 is 6.10 Å². The molecule has 94 valence electrons. The van der Waals surface area contributed by atoms with Crippen LogP contribution in [0.1, 0.15) is 22.8 Å². The normalized spacial score (nSPS) is 12.4. The standard InChI is InChI=1S/C15H14BrClO/c1-10-13(6-3-7-14(10)17)15(18)9-11-4-2-5-12(16)8-11/h2-8,15,18H,9H2,1H3. The molecule has 18 heavy (non-hydrogen) atoms. The highest BCUT2D eigenvalue weighted by atomic mass is 79.9. The number of aliphatic hydroxyl groups is 1. The van der Waals surface area contributed by atoms with Gasteiger partial charge in [-0.3, -0.25) is 0 Å². The SMILES string of the molecule is Cc1c(Cl)cccc1C(O)Cc1cccc(Br)c1. The van der Waals surface area contributed by atoms with Gasteiger partial charge in [0.2, 0.25) is 0 Å². The third-order valence-corrected chi connectivity index (χ3v) is 3.89. The van der Waals surface area contributed by atoms with Crippen LogP contribution in [0, 0.1) is 6.92 Å². The minimum absolute atomic E-state index is 0.530. The van der Waals surface area contributed by atoms with Crippen molar-refractivity contribution >= 4 is 27.5 Å². The fourth-order valence-corrected chi connectivity index (χ4v) is 2.61. The van der Waals surface area contributed by atoms with Crippen molar-refractivity contribution in [3.8, 4) is 0 Å². The number of hydrogen-bond acceptors (Lipinski definition) is 1. The van der Waals surface area contributed by atoms with Gasteiger partial charge in [-0.25, -0.2) is 0 Å². The van der Waals surface area contributed by atoms with Crippen LogP contribution in [-0.4, -0.2) is 5.11 Å². The molecule has 3 heteroatoms. The van der Waals surface area contributed by atoms with Gasteiger partial charge in [-0.2, -0.15) is 0 Å². The van der Waals surface area contributed by atoms with E-state index in [1.54, 1.807) is 0 Å². The summed E-state index contributed by atoms with van der Waals surface area (Å²) < 4.78 is 1.02. The lowest BCUT2D eigenvalue weighted by atomic mass is 9.98. The third-order valence-electron chi connectivity index (χ3n) is 2.99. The summed E-state index contributed by atoms with van der Waals surface area (Å²) in [6.07, 6.45) is 0.0543. The van der Waals surface area contributed by atoms with Gasteiger partial charge in [0.05, 0.1) is 6.10 Å². The molecule has 2 aromatic carbocycles. The van der Waals surface area contributed by atoms with E-state index in [-0.39, 0.29) is 0 Å². The van der Waals surface area contributed by atoms with Crippen molar-refractivity contribution in [3.05, 3.63) is 68.7 Å². The molecule has 0 bridgehead atoms. The van der Waals surface area contributed by atoms with Gasteiger partial charge in [-0.1, -0.05) is 51.8 Å². The summed E-state index contributed by atoms with van der Waals surface area (Å²) in [5.74, 6) is 0. The van der Waals surface area contributed by atoms with Crippen LogP contribution in [0.15, 0.2) is 46.9 Å². The Labute approximate surface area is 121 Å². The monoisotopic (exact) mass is 324 g/mol. The van der Waals surface area contributed by atoms with Gasteiger partial charge in [-0.15, -0.1) is 0 Å². The van der Waals surface area contributed by atoms with Crippen LogP contribution >= 0.6 is 27.5 Å². The molecule has 2 aromatic rings. The second kappa shape index (κ2) is 5.87. The smallest absolute Gasteiger partial charge is 0.0833 e. The number of hydrogen-bond donors (Lipinski definition) is 1. The van der Waals surface area contributed by atoms with Crippen LogP contribution in [0.5, 0.6) is 0 Å². The minimum atomic E-state index is -0.530. The van der Waals surface area contributed by atoms with Gasteiger partial charge in [0.15, 0.2) is 0 Å². The quantitative estimate of drug-likeness (QED) is 0.868. The predicted molar refractivity (Wildman–Crippen MR) is 79.0 cm³/mol. The van der Waals surface area contributed by atoms with E-state index in [1.807, 2.05) is 49.4 Å². The molecule has 1 unspecified atom stereocenters. The van der Waals surface area contributed by atoms with Gasteiger partial charge in [-0.05, 0) is 41.8 Å². The van der Waals surface area contributed by atoms with E-state index in [0.717, 1.165) is 21.2 Å². The highest BCUT2D eigenvalue weighted by Crippen LogP contribution is 2.27. The Kier molecular flexibility index (Phi) is 4.44. The van der Waals surface area contributed by atoms with E-state index in [1.165, 1.54) is 0 Å². The summed E-state index contributed by atoms with van der Waals surface area (Å²) in [4.78, 5) is 0. The zero-order valence-corrected chi connectivity index (χ0v) is 12.4. The molecule has 1 atom stereocenters. The van der Waals surface area contributed by atoms with Crippen LogP contribution < -0.4 is 0 Å². The molecule has 0 amide bonds. The molecule has 2 rings (SSSR count). The molecule has 0 fully saturated rings. The lowest BCUT2D eigenvalue weighted by Gasteiger charge is -2.14. The summed E-state index contributed by atoms with van der Waals surface area (Å²) in [5.41, 5.74) is 2.93. The average Bonchev–Trinajstić information content (AvgIpc) is 2.32. The molecule has 0 saturated heterocycles. The van der Waals surface area contributed by atoms with E-state index in [4.69, 9.17) is 11.6 Å². The number of rotatable bonds is 3. The summed E-state index contributed by atoms with van der Waals surface area (Å²) in [7, 11) is 0. The predicted octanol–water partition coefficient (Wildman–Crippen LogP) is 4.69. The van der Waals surface area contributed by atoms with Crippen LogP contribution in [0.3, 0.4) is 0 Å². The fourth-order valence-electron chi connectivity index (χ4n) is 1.98. The minimum Gasteiger partial charge on any atom is -0.388 e. The van der Waals surface area contributed by atoms with Crippen molar-refractivity contribution in [2.45, 2.75) is 19.4 Å². The molecule has 0 aliphatic heterocycles. The number of benzene rings is 2. The van der Waals surface area contributed by atoms with E-state index in [2.05, 4.69) is 15.9 Å². The Morgan fingerprint density at radius 3 is 2.67 bits per heavy atom. The van der Waals surface area contributed by atoms with Gasteiger partial charge >= 0.3 is 0 Å². The molecule has 0 aliphatic rings. The van der Waals surface area contributed by atoms with Crippen molar-refractivity contribution < 1.29 is 5.11 Å². The first-order valence-corrected chi connectivity index (χ1v) is 6.92. The fraction of sp³-hybridized carbons (Fsp3) is 0.200. The number of aliphatic hydroxyl groups excluding tert-OH is 1. The van der Waals surface area contributed by atoms with Crippen molar-refractivity contribution in [3.63, 3.8) is 0 Å². The lowest BCUT2D eigenvalue weighted by molar-refractivity contribution is 0.177. The molecular formula is C15H14BrClO. The van der Waals surface area contributed by atoms with E-state index in [0.29, 0.717) is 11.4 Å². The van der Waals surface area contributed by atoms with Crippen LogP contribution in [-0.2, 0) is 6.42 Å². The molecule has 0 aromatic heterocycles. The Balaban J connectivity index is 2.22. The van der Waals surface area contributed by atoms with Crippen LogP contribution in [0.25, 0.3) is 0 Å². The van der Waals surface area contributed by atoms with Gasteiger partial charge < -0.3 is 5.11 Å². The molecule has 0 aliphatic carbocycles. The van der Waals surface area contributed by atoms with Crippen molar-refractivity contribution in [1.29, 1.82) is 0 Å². The van der Waals surface area contributed by atoms with Crippen molar-refractivity contribution in [2.75, 3.05) is 0 Å². The highest BCUT2D eigenvalue weighted by molar-refractivity contribution is 9.10. The molecule has 1 nitrogen and oxygen atoms in total. The Morgan fingerprint density at radius 1 is 1.22 bits per heavy atom. The largest absolute Gasteiger partial charge is 0.388 e. The maximum Gasteiger partial charge on any atom is 0.0833 e. The molecule has 0 spiro atoms. The van der Waals surface area contributed by atoms with E-state index >= 15 is 0 Å². The third kappa shape index (κ3) is 3.14.